The maximum absolute atomic E-state index is 12.8. The maximum Gasteiger partial charge on any atom is 0.320 e. The van der Waals surface area contributed by atoms with Crippen molar-refractivity contribution in [2.24, 2.45) is 5.10 Å². The Bertz CT molecular complexity index is 1000. The van der Waals surface area contributed by atoms with E-state index in [1.54, 1.807) is 0 Å². The van der Waals surface area contributed by atoms with E-state index >= 15 is 0 Å². The molecule has 2 aliphatic rings. The van der Waals surface area contributed by atoms with Crippen molar-refractivity contribution in [1.82, 2.24) is 9.91 Å². The second-order valence-electron chi connectivity index (χ2n) is 8.14. The van der Waals surface area contributed by atoms with Crippen LogP contribution in [0.15, 0.2) is 47.6 Å². The number of fused-ring (bicyclic) bond motifs is 1. The topological polar surface area (TPSA) is 74.2 Å². The van der Waals surface area contributed by atoms with Crippen LogP contribution in [0.3, 0.4) is 0 Å². The molecule has 0 aliphatic carbocycles. The number of esters is 1. The third-order valence-electron chi connectivity index (χ3n) is 5.74. The molecule has 0 bridgehead atoms. The molecule has 2 heterocycles. The summed E-state index contributed by atoms with van der Waals surface area (Å²) in [5, 5.41) is 9.62. The van der Waals surface area contributed by atoms with E-state index in [0.29, 0.717) is 25.3 Å². The average molecular weight is 467 g/mol. The molecule has 1 fully saturated rings. The fourth-order valence-electron chi connectivity index (χ4n) is 3.95. The fraction of sp³-hybridized carbons (Fsp3) is 0.400. The lowest BCUT2D eigenvalue weighted by Crippen LogP contribution is -2.35. The lowest BCUT2D eigenvalue weighted by atomic mass is 9.97. The molecule has 2 aromatic rings. The predicted molar refractivity (Wildman–Crippen MR) is 133 cm³/mol. The number of rotatable bonds is 7. The maximum atomic E-state index is 12.8. The van der Waals surface area contributed by atoms with Gasteiger partial charge in [0.1, 0.15) is 0 Å². The molecule has 2 aliphatic heterocycles. The van der Waals surface area contributed by atoms with Crippen LogP contribution in [-0.4, -0.2) is 72.3 Å². The first-order chi connectivity index (χ1) is 16.1. The Morgan fingerprint density at radius 1 is 1.09 bits per heavy atom. The molecule has 0 saturated carbocycles. The van der Waals surface area contributed by atoms with Gasteiger partial charge in [-0.3, -0.25) is 19.5 Å². The molecule has 174 valence electrons. The van der Waals surface area contributed by atoms with Crippen LogP contribution in [0.2, 0.25) is 0 Å². The van der Waals surface area contributed by atoms with Crippen LogP contribution < -0.4 is 5.32 Å². The minimum absolute atomic E-state index is 0.126. The largest absolute Gasteiger partial charge is 0.465 e. The molecule has 0 radical (unpaired) electrons. The van der Waals surface area contributed by atoms with Gasteiger partial charge in [0.05, 0.1) is 19.4 Å². The third-order valence-corrected chi connectivity index (χ3v) is 6.69. The van der Waals surface area contributed by atoms with Crippen LogP contribution in [-0.2, 0) is 22.5 Å². The first-order valence-corrected chi connectivity index (χ1v) is 12.5. The number of hydrogen-bond donors (Lipinski definition) is 1. The van der Waals surface area contributed by atoms with Crippen molar-refractivity contribution in [2.45, 2.75) is 19.9 Å². The van der Waals surface area contributed by atoms with Crippen LogP contribution in [0.4, 0.5) is 5.69 Å². The predicted octanol–water partition coefficient (Wildman–Crippen LogP) is 3.24. The van der Waals surface area contributed by atoms with E-state index in [1.807, 2.05) is 67.4 Å². The number of carbonyl (C=O) groups excluding carboxylic acids is 2. The van der Waals surface area contributed by atoms with Gasteiger partial charge in [-0.2, -0.15) is 16.9 Å². The highest BCUT2D eigenvalue weighted by Gasteiger charge is 2.20. The van der Waals surface area contributed by atoms with Crippen LogP contribution in [0.1, 0.15) is 34.0 Å². The van der Waals surface area contributed by atoms with E-state index in [-0.39, 0.29) is 11.9 Å². The first kappa shape index (κ1) is 23.3. The lowest BCUT2D eigenvalue weighted by molar-refractivity contribution is -0.144. The molecule has 8 heteroatoms. The Balaban J connectivity index is 1.32. The Morgan fingerprint density at radius 3 is 2.64 bits per heavy atom. The van der Waals surface area contributed by atoms with Crippen LogP contribution in [0.5, 0.6) is 0 Å². The number of carbonyl (C=O) groups is 2. The molecule has 2 aromatic carbocycles. The van der Waals surface area contributed by atoms with Gasteiger partial charge in [0.2, 0.25) is 0 Å². The molecule has 1 saturated heterocycles. The average Bonchev–Trinajstić information content (AvgIpc) is 2.84. The monoisotopic (exact) mass is 466 g/mol. The normalized spacial score (nSPS) is 16.5. The molecular weight excluding hydrogens is 436 g/mol. The van der Waals surface area contributed by atoms with Crippen molar-refractivity contribution in [1.29, 1.82) is 0 Å². The quantitative estimate of drug-likeness (QED) is 0.499. The molecule has 0 atom stereocenters. The van der Waals surface area contributed by atoms with E-state index in [9.17, 15) is 9.59 Å². The van der Waals surface area contributed by atoms with Gasteiger partial charge in [0.15, 0.2) is 0 Å². The summed E-state index contributed by atoms with van der Waals surface area (Å²) in [6, 6.07) is 13.5. The Kier molecular flexibility index (Phi) is 8.01. The van der Waals surface area contributed by atoms with Gasteiger partial charge in [-0.1, -0.05) is 18.2 Å². The zero-order chi connectivity index (χ0) is 23.0. The summed E-state index contributed by atoms with van der Waals surface area (Å²) in [5.41, 5.74) is 4.71. The molecule has 7 nitrogen and oxygen atoms in total. The summed E-state index contributed by atoms with van der Waals surface area (Å²) in [7, 11) is 0. The van der Waals surface area contributed by atoms with E-state index in [2.05, 4.69) is 20.3 Å². The number of benzene rings is 2. The number of hydrogen-bond acceptors (Lipinski definition) is 7. The second-order valence-corrected chi connectivity index (χ2v) is 9.36. The Hall–Kier alpha value is -2.84. The van der Waals surface area contributed by atoms with E-state index in [0.717, 1.165) is 59.9 Å². The zero-order valence-corrected chi connectivity index (χ0v) is 19.8. The second kappa shape index (κ2) is 11.3. The molecule has 0 aromatic heterocycles. The summed E-state index contributed by atoms with van der Waals surface area (Å²) in [6.07, 6.45) is 2.68. The van der Waals surface area contributed by atoms with Gasteiger partial charge in [-0.25, -0.2) is 0 Å². The van der Waals surface area contributed by atoms with Gasteiger partial charge < -0.3 is 10.1 Å². The molecule has 1 N–H and O–H groups in total. The van der Waals surface area contributed by atoms with Gasteiger partial charge in [-0.15, -0.1) is 0 Å². The smallest absolute Gasteiger partial charge is 0.320 e. The zero-order valence-electron chi connectivity index (χ0n) is 19.0. The summed E-state index contributed by atoms with van der Waals surface area (Å²) in [6.45, 7) is 5.95. The number of hydrazone groups is 1. The SMILES string of the molecule is CCOC(=O)CN1CCc2cc(C(=O)Nc3ccc(/C=N/N4CCSCC4)cc3)ccc2C1. The molecule has 1 amide bonds. The van der Waals surface area contributed by atoms with Crippen molar-refractivity contribution >= 4 is 35.5 Å². The molecule has 33 heavy (non-hydrogen) atoms. The Morgan fingerprint density at radius 2 is 1.88 bits per heavy atom. The Labute approximate surface area is 199 Å². The highest BCUT2D eigenvalue weighted by atomic mass is 32.2. The molecule has 0 spiro atoms. The number of anilines is 1. The van der Waals surface area contributed by atoms with Crippen molar-refractivity contribution in [3.8, 4) is 0 Å². The van der Waals surface area contributed by atoms with Crippen molar-refractivity contribution in [3.05, 3.63) is 64.7 Å². The summed E-state index contributed by atoms with van der Waals surface area (Å²) in [4.78, 5) is 26.6. The summed E-state index contributed by atoms with van der Waals surface area (Å²) in [5.74, 6) is 1.92. The highest BCUT2D eigenvalue weighted by molar-refractivity contribution is 7.99. The van der Waals surface area contributed by atoms with Gasteiger partial charge in [0.25, 0.3) is 5.91 Å². The first-order valence-electron chi connectivity index (χ1n) is 11.4. The number of nitrogens with zero attached hydrogens (tertiary/aromatic N) is 3. The highest BCUT2D eigenvalue weighted by Crippen LogP contribution is 2.21. The van der Waals surface area contributed by atoms with Gasteiger partial charge in [-0.05, 0) is 54.3 Å². The van der Waals surface area contributed by atoms with Gasteiger partial charge >= 0.3 is 5.97 Å². The number of nitrogens with one attached hydrogen (secondary N) is 1. The molecule has 0 unspecified atom stereocenters. The fourth-order valence-corrected chi connectivity index (χ4v) is 4.83. The standard InChI is InChI=1S/C25H30N4O3S/c1-2-32-24(30)18-28-10-9-20-15-21(5-6-22(20)17-28)25(31)27-23-7-3-19(4-8-23)16-26-29-11-13-33-14-12-29/h3-8,15-16H,2,9-14,17-18H2,1H3,(H,27,31)/b26-16+. The van der Waals surface area contributed by atoms with Crippen molar-refractivity contribution in [3.63, 3.8) is 0 Å². The van der Waals surface area contributed by atoms with Crippen LogP contribution >= 0.6 is 11.8 Å². The van der Waals surface area contributed by atoms with Crippen LogP contribution in [0.25, 0.3) is 0 Å². The van der Waals surface area contributed by atoms with Crippen molar-refractivity contribution < 1.29 is 14.3 Å². The molecule has 4 rings (SSSR count). The van der Waals surface area contributed by atoms with E-state index in [1.165, 1.54) is 0 Å². The number of ether oxygens (including phenoxy) is 1. The minimum Gasteiger partial charge on any atom is -0.465 e. The summed E-state index contributed by atoms with van der Waals surface area (Å²) >= 11 is 1.96. The lowest BCUT2D eigenvalue weighted by Gasteiger charge is -2.28. The van der Waals surface area contributed by atoms with Crippen LogP contribution in [0, 0.1) is 0 Å². The number of thioether (sulfide) groups is 1. The van der Waals surface area contributed by atoms with E-state index < -0.39 is 0 Å². The molecular formula is C25H30N4O3S. The van der Waals surface area contributed by atoms with E-state index in [4.69, 9.17) is 4.74 Å². The van der Waals surface area contributed by atoms with Gasteiger partial charge in [0, 0.05) is 48.9 Å². The minimum atomic E-state index is -0.195. The number of amides is 1. The third kappa shape index (κ3) is 6.58. The van der Waals surface area contributed by atoms with Crippen molar-refractivity contribution in [2.75, 3.05) is 49.6 Å². The summed E-state index contributed by atoms with van der Waals surface area (Å²) < 4.78 is 5.04.